The van der Waals surface area contributed by atoms with E-state index in [0.29, 0.717) is 6.04 Å². The Balaban J connectivity index is 2.05. The lowest BCUT2D eigenvalue weighted by Gasteiger charge is -2.34. The Morgan fingerprint density at radius 3 is 2.50 bits per heavy atom. The summed E-state index contributed by atoms with van der Waals surface area (Å²) in [7, 11) is 0. The molecule has 1 aromatic carbocycles. The van der Waals surface area contributed by atoms with Gasteiger partial charge in [0, 0.05) is 12.6 Å². The molecule has 0 amide bonds. The lowest BCUT2D eigenvalue weighted by molar-refractivity contribution is 0.171. The van der Waals surface area contributed by atoms with Crippen molar-refractivity contribution in [3.63, 3.8) is 0 Å². The van der Waals surface area contributed by atoms with E-state index < -0.39 is 0 Å². The molecule has 0 aromatic heterocycles. The molecule has 1 saturated heterocycles. The van der Waals surface area contributed by atoms with Gasteiger partial charge in [-0.05, 0) is 64.7 Å². The van der Waals surface area contributed by atoms with E-state index in [1.54, 1.807) is 0 Å². The van der Waals surface area contributed by atoms with E-state index in [1.807, 2.05) is 0 Å². The number of nitrogens with one attached hydrogen (secondary N) is 1. The zero-order valence-electron chi connectivity index (χ0n) is 13.6. The summed E-state index contributed by atoms with van der Waals surface area (Å²) >= 11 is 0. The third-order valence-electron chi connectivity index (χ3n) is 4.57. The van der Waals surface area contributed by atoms with Gasteiger partial charge in [-0.1, -0.05) is 36.2 Å². The number of aryl methyl sites for hydroxylation is 2. The molecule has 1 aliphatic rings. The molecule has 0 aliphatic carbocycles. The van der Waals surface area contributed by atoms with Gasteiger partial charge in [-0.3, -0.25) is 4.90 Å². The van der Waals surface area contributed by atoms with Gasteiger partial charge < -0.3 is 5.32 Å². The van der Waals surface area contributed by atoms with E-state index >= 15 is 0 Å². The summed E-state index contributed by atoms with van der Waals surface area (Å²) in [5.41, 5.74) is 4.22. The Kier molecular flexibility index (Phi) is 5.62. The number of hydrogen-bond acceptors (Lipinski definition) is 2. The normalized spacial score (nSPS) is 21.1. The summed E-state index contributed by atoms with van der Waals surface area (Å²) in [6.07, 6.45) is 2.71. The summed E-state index contributed by atoms with van der Waals surface area (Å²) in [6.45, 7) is 13.8. The monoisotopic (exact) mass is 274 g/mol. The van der Waals surface area contributed by atoms with Crippen molar-refractivity contribution < 1.29 is 0 Å². The minimum absolute atomic E-state index is 0.514. The van der Waals surface area contributed by atoms with E-state index in [9.17, 15) is 0 Å². The zero-order valence-corrected chi connectivity index (χ0v) is 13.6. The van der Waals surface area contributed by atoms with Gasteiger partial charge in [0.2, 0.25) is 0 Å². The Labute approximate surface area is 124 Å². The van der Waals surface area contributed by atoms with Crippen molar-refractivity contribution in [2.75, 3.05) is 26.2 Å². The zero-order chi connectivity index (χ0) is 14.5. The van der Waals surface area contributed by atoms with Crippen molar-refractivity contribution in [3.8, 4) is 0 Å². The molecule has 2 unspecified atom stereocenters. The van der Waals surface area contributed by atoms with Gasteiger partial charge in [-0.2, -0.15) is 0 Å². The summed E-state index contributed by atoms with van der Waals surface area (Å²) in [6, 6.07) is 7.47. The first kappa shape index (κ1) is 15.5. The predicted octanol–water partition coefficient (Wildman–Crippen LogP) is 3.69. The number of nitrogens with zero attached hydrogens (tertiary/aromatic N) is 1. The van der Waals surface area contributed by atoms with Crippen LogP contribution < -0.4 is 5.32 Å². The summed E-state index contributed by atoms with van der Waals surface area (Å²) in [4.78, 5) is 2.63. The molecule has 0 spiro atoms. The highest BCUT2D eigenvalue weighted by molar-refractivity contribution is 5.30. The molecule has 1 aromatic rings. The summed E-state index contributed by atoms with van der Waals surface area (Å²) in [5.74, 6) is 0.817. The van der Waals surface area contributed by atoms with Gasteiger partial charge in [0.15, 0.2) is 0 Å². The van der Waals surface area contributed by atoms with Crippen molar-refractivity contribution in [1.29, 1.82) is 0 Å². The third kappa shape index (κ3) is 4.07. The smallest absolute Gasteiger partial charge is 0.0320 e. The highest BCUT2D eigenvalue weighted by Gasteiger charge is 2.20. The van der Waals surface area contributed by atoms with Crippen molar-refractivity contribution in [2.45, 2.75) is 46.6 Å². The lowest BCUT2D eigenvalue weighted by Crippen LogP contribution is -2.39. The summed E-state index contributed by atoms with van der Waals surface area (Å²) < 4.78 is 0. The number of hydrogen-bond donors (Lipinski definition) is 1. The number of benzene rings is 1. The van der Waals surface area contributed by atoms with E-state index in [1.165, 1.54) is 49.2 Å². The second-order valence-electron chi connectivity index (χ2n) is 6.40. The number of rotatable bonds is 5. The molecule has 2 heteroatoms. The van der Waals surface area contributed by atoms with Crippen molar-refractivity contribution >= 4 is 0 Å². The maximum atomic E-state index is 3.53. The Bertz CT molecular complexity index is 401. The molecule has 0 radical (unpaired) electrons. The van der Waals surface area contributed by atoms with Gasteiger partial charge in [0.1, 0.15) is 0 Å². The topological polar surface area (TPSA) is 15.3 Å². The van der Waals surface area contributed by atoms with Crippen LogP contribution in [0.4, 0.5) is 0 Å². The van der Waals surface area contributed by atoms with Crippen LogP contribution in [0, 0.1) is 19.8 Å². The molecule has 1 heterocycles. The molecule has 2 atom stereocenters. The van der Waals surface area contributed by atoms with E-state index in [0.717, 1.165) is 12.5 Å². The van der Waals surface area contributed by atoms with Gasteiger partial charge >= 0.3 is 0 Å². The van der Waals surface area contributed by atoms with Crippen LogP contribution in [0.3, 0.4) is 0 Å². The van der Waals surface area contributed by atoms with Crippen molar-refractivity contribution in [3.05, 3.63) is 34.9 Å². The largest absolute Gasteiger partial charge is 0.316 e. The minimum Gasteiger partial charge on any atom is -0.316 e. The number of piperidine rings is 1. The Morgan fingerprint density at radius 1 is 1.25 bits per heavy atom. The molecule has 1 aliphatic heterocycles. The molecule has 0 bridgehead atoms. The molecule has 1 N–H and O–H groups in total. The van der Waals surface area contributed by atoms with Crippen LogP contribution in [0.2, 0.25) is 0 Å². The highest BCUT2D eigenvalue weighted by atomic mass is 15.1. The van der Waals surface area contributed by atoms with Crippen LogP contribution in [0.25, 0.3) is 0 Å². The van der Waals surface area contributed by atoms with Gasteiger partial charge in [-0.15, -0.1) is 0 Å². The highest BCUT2D eigenvalue weighted by Crippen LogP contribution is 2.24. The fourth-order valence-corrected chi connectivity index (χ4v) is 3.43. The predicted molar refractivity (Wildman–Crippen MR) is 87.2 cm³/mol. The molecular formula is C18H30N2. The maximum Gasteiger partial charge on any atom is 0.0320 e. The summed E-state index contributed by atoms with van der Waals surface area (Å²) in [5, 5.41) is 3.53. The molecule has 0 saturated carbocycles. The van der Waals surface area contributed by atoms with Crippen molar-refractivity contribution in [1.82, 2.24) is 10.2 Å². The molecule has 20 heavy (non-hydrogen) atoms. The van der Waals surface area contributed by atoms with Crippen LogP contribution in [0.1, 0.15) is 49.4 Å². The molecule has 1 fully saturated rings. The van der Waals surface area contributed by atoms with E-state index in [4.69, 9.17) is 0 Å². The van der Waals surface area contributed by atoms with Crippen LogP contribution in [-0.4, -0.2) is 31.1 Å². The van der Waals surface area contributed by atoms with Crippen LogP contribution in [-0.2, 0) is 0 Å². The van der Waals surface area contributed by atoms with Crippen molar-refractivity contribution in [2.24, 2.45) is 5.92 Å². The molecular weight excluding hydrogens is 244 g/mol. The first-order valence-electron chi connectivity index (χ1n) is 8.13. The van der Waals surface area contributed by atoms with Crippen LogP contribution in [0.15, 0.2) is 18.2 Å². The molecule has 2 rings (SSSR count). The Morgan fingerprint density at radius 2 is 1.95 bits per heavy atom. The second-order valence-corrected chi connectivity index (χ2v) is 6.40. The Hall–Kier alpha value is -0.860. The average molecular weight is 274 g/mol. The van der Waals surface area contributed by atoms with Gasteiger partial charge in [0.05, 0.1) is 0 Å². The average Bonchev–Trinajstić information content (AvgIpc) is 2.44. The van der Waals surface area contributed by atoms with E-state index in [-0.39, 0.29) is 0 Å². The van der Waals surface area contributed by atoms with Gasteiger partial charge in [-0.25, -0.2) is 0 Å². The maximum absolute atomic E-state index is 3.53. The minimum atomic E-state index is 0.514. The van der Waals surface area contributed by atoms with E-state index in [2.05, 4.69) is 56.1 Å². The lowest BCUT2D eigenvalue weighted by atomic mass is 9.96. The quantitative estimate of drug-likeness (QED) is 0.881. The van der Waals surface area contributed by atoms with Crippen LogP contribution in [0.5, 0.6) is 0 Å². The standard InChI is InChI=1S/C18H30N2/c1-5-20(13-17-7-6-8-19-12-17)16(4)18-10-14(2)9-15(3)11-18/h9-11,16-17,19H,5-8,12-13H2,1-4H3. The molecule has 2 nitrogen and oxygen atoms in total. The van der Waals surface area contributed by atoms with Gasteiger partial charge in [0.25, 0.3) is 0 Å². The first-order valence-corrected chi connectivity index (χ1v) is 8.13. The third-order valence-corrected chi connectivity index (χ3v) is 4.57. The first-order chi connectivity index (χ1) is 9.60. The molecule has 112 valence electrons. The fourth-order valence-electron chi connectivity index (χ4n) is 3.43. The van der Waals surface area contributed by atoms with Crippen LogP contribution >= 0.6 is 0 Å². The fraction of sp³-hybridized carbons (Fsp3) is 0.667. The second kappa shape index (κ2) is 7.24. The SMILES string of the molecule is CCN(CC1CCCNC1)C(C)c1cc(C)cc(C)c1.